The lowest BCUT2D eigenvalue weighted by Gasteiger charge is -2.15. The van der Waals surface area contributed by atoms with Crippen LogP contribution >= 0.6 is 22.9 Å². The Morgan fingerprint density at radius 2 is 1.92 bits per heavy atom. The summed E-state index contributed by atoms with van der Waals surface area (Å²) in [6, 6.07) is 19.3. The quantitative estimate of drug-likeness (QED) is 0.200. The highest BCUT2D eigenvalue weighted by Gasteiger charge is 2.14. The molecule has 5 aromatic rings. The molecule has 2 heterocycles. The molecule has 0 saturated heterocycles. The summed E-state index contributed by atoms with van der Waals surface area (Å²) < 4.78 is 13.1. The number of carbonyl (C=O) groups is 1. The first-order valence-corrected chi connectivity index (χ1v) is 12.6. The maximum absolute atomic E-state index is 11.6. The van der Waals surface area contributed by atoms with Gasteiger partial charge < -0.3 is 9.47 Å². The number of nitrogens with zero attached hydrogens (tertiary/aromatic N) is 3. The van der Waals surface area contributed by atoms with Crippen molar-refractivity contribution < 1.29 is 14.3 Å². The standard InChI is InChI=1S/C29H20ClN3O3S/c1-18-22(3-2-4-24(18)21-5-6-29-26(9-21)33-17-37-29)16-36-28-10-27(23(14-34)8-25(28)30)35-15-20-7-19(11-31)12-32-13-20/h2-10,12-14,17H,15-16H2,1H3. The highest BCUT2D eigenvalue weighted by Crippen LogP contribution is 2.34. The second-order valence-corrected chi connectivity index (χ2v) is 9.63. The van der Waals surface area contributed by atoms with Crippen LogP contribution in [-0.4, -0.2) is 16.3 Å². The van der Waals surface area contributed by atoms with Gasteiger partial charge in [0, 0.05) is 24.0 Å². The Bertz CT molecular complexity index is 1660. The second kappa shape index (κ2) is 10.8. The van der Waals surface area contributed by atoms with Crippen molar-refractivity contribution in [1.29, 1.82) is 5.26 Å². The van der Waals surface area contributed by atoms with Gasteiger partial charge in [0.05, 0.1) is 31.9 Å². The van der Waals surface area contributed by atoms with Crippen molar-refractivity contribution in [1.82, 2.24) is 9.97 Å². The van der Waals surface area contributed by atoms with E-state index in [2.05, 4.69) is 41.2 Å². The largest absolute Gasteiger partial charge is 0.488 e. The topological polar surface area (TPSA) is 85.1 Å². The average molecular weight is 526 g/mol. The summed E-state index contributed by atoms with van der Waals surface area (Å²) >= 11 is 8.04. The fraction of sp³-hybridized carbons (Fsp3) is 0.103. The molecule has 6 nitrogen and oxygen atoms in total. The number of aldehydes is 1. The van der Waals surface area contributed by atoms with E-state index in [1.807, 2.05) is 23.7 Å². The summed E-state index contributed by atoms with van der Waals surface area (Å²) in [6.45, 7) is 2.48. The smallest absolute Gasteiger partial charge is 0.153 e. The van der Waals surface area contributed by atoms with Gasteiger partial charge in [0.1, 0.15) is 30.8 Å². The number of hydrogen-bond donors (Lipinski definition) is 0. The molecule has 37 heavy (non-hydrogen) atoms. The lowest BCUT2D eigenvalue weighted by molar-refractivity contribution is 0.111. The Balaban J connectivity index is 1.36. The van der Waals surface area contributed by atoms with Crippen molar-refractivity contribution in [2.24, 2.45) is 0 Å². The van der Waals surface area contributed by atoms with Gasteiger partial charge in [-0.1, -0.05) is 35.9 Å². The van der Waals surface area contributed by atoms with Gasteiger partial charge in [-0.25, -0.2) is 4.98 Å². The van der Waals surface area contributed by atoms with Crippen LogP contribution in [0.3, 0.4) is 0 Å². The van der Waals surface area contributed by atoms with Crippen molar-refractivity contribution in [3.05, 3.63) is 105 Å². The van der Waals surface area contributed by atoms with Crippen LogP contribution in [0.15, 0.2) is 72.5 Å². The van der Waals surface area contributed by atoms with Crippen LogP contribution in [0.25, 0.3) is 21.3 Å². The number of pyridine rings is 1. The third kappa shape index (κ3) is 5.31. The molecule has 8 heteroatoms. The van der Waals surface area contributed by atoms with E-state index in [1.54, 1.807) is 29.7 Å². The molecule has 0 aliphatic rings. The van der Waals surface area contributed by atoms with Gasteiger partial charge in [-0.3, -0.25) is 9.78 Å². The van der Waals surface area contributed by atoms with Crippen LogP contribution in [0.4, 0.5) is 0 Å². The van der Waals surface area contributed by atoms with Gasteiger partial charge in [0.2, 0.25) is 0 Å². The molecule has 0 atom stereocenters. The van der Waals surface area contributed by atoms with E-state index < -0.39 is 0 Å². The first-order chi connectivity index (χ1) is 18.1. The number of halogens is 1. The van der Waals surface area contributed by atoms with E-state index in [0.717, 1.165) is 32.5 Å². The van der Waals surface area contributed by atoms with E-state index in [4.69, 9.17) is 26.3 Å². The summed E-state index contributed by atoms with van der Waals surface area (Å²) in [5.41, 5.74) is 8.58. The summed E-state index contributed by atoms with van der Waals surface area (Å²) in [5.74, 6) is 0.735. The van der Waals surface area contributed by atoms with E-state index in [0.29, 0.717) is 39.5 Å². The van der Waals surface area contributed by atoms with Crippen LogP contribution in [0.2, 0.25) is 5.02 Å². The maximum atomic E-state index is 11.6. The van der Waals surface area contributed by atoms with E-state index in [-0.39, 0.29) is 13.2 Å². The number of aromatic nitrogens is 2. The maximum Gasteiger partial charge on any atom is 0.153 e. The molecule has 0 N–H and O–H groups in total. The number of nitriles is 1. The number of fused-ring (bicyclic) bond motifs is 1. The minimum atomic E-state index is 0.134. The molecule has 182 valence electrons. The number of benzene rings is 3. The molecule has 0 bridgehead atoms. The molecule has 0 aliphatic heterocycles. The molecular weight excluding hydrogens is 506 g/mol. The SMILES string of the molecule is Cc1c(COc2cc(OCc3cncc(C#N)c3)c(C=O)cc2Cl)cccc1-c1ccc2scnc2c1. The second-order valence-electron chi connectivity index (χ2n) is 8.33. The third-order valence-corrected chi connectivity index (χ3v) is 7.09. The van der Waals surface area contributed by atoms with E-state index in [1.165, 1.54) is 12.3 Å². The van der Waals surface area contributed by atoms with Crippen LogP contribution < -0.4 is 9.47 Å². The molecule has 0 unspecified atom stereocenters. The zero-order chi connectivity index (χ0) is 25.8. The Morgan fingerprint density at radius 1 is 1.05 bits per heavy atom. The minimum absolute atomic E-state index is 0.134. The molecule has 2 aromatic heterocycles. The minimum Gasteiger partial charge on any atom is -0.488 e. The van der Waals surface area contributed by atoms with Gasteiger partial charge in [-0.2, -0.15) is 5.26 Å². The van der Waals surface area contributed by atoms with Crippen LogP contribution in [-0.2, 0) is 13.2 Å². The van der Waals surface area contributed by atoms with E-state index in [9.17, 15) is 4.79 Å². The summed E-state index contributed by atoms with van der Waals surface area (Å²) in [6.07, 6.45) is 3.77. The van der Waals surface area contributed by atoms with Crippen LogP contribution in [0, 0.1) is 18.3 Å². The normalized spacial score (nSPS) is 10.7. The Hall–Kier alpha value is -4.25. The number of carbonyl (C=O) groups excluding carboxylic acids is 1. The predicted molar refractivity (Wildman–Crippen MR) is 144 cm³/mol. The van der Waals surface area contributed by atoms with Crippen molar-refractivity contribution in [3.63, 3.8) is 0 Å². The Morgan fingerprint density at radius 3 is 2.76 bits per heavy atom. The fourth-order valence-electron chi connectivity index (χ4n) is 4.00. The Kier molecular flexibility index (Phi) is 7.13. The Labute approximate surface area is 222 Å². The number of rotatable bonds is 8. The van der Waals surface area contributed by atoms with Crippen molar-refractivity contribution in [2.45, 2.75) is 20.1 Å². The molecule has 5 rings (SSSR count). The molecule has 0 fully saturated rings. The lowest BCUT2D eigenvalue weighted by Crippen LogP contribution is -2.03. The van der Waals surface area contributed by atoms with Gasteiger partial charge in [0.25, 0.3) is 0 Å². The van der Waals surface area contributed by atoms with Crippen LogP contribution in [0.1, 0.15) is 32.6 Å². The zero-order valence-corrected chi connectivity index (χ0v) is 21.3. The van der Waals surface area contributed by atoms with Crippen LogP contribution in [0.5, 0.6) is 11.5 Å². The molecule has 0 saturated carbocycles. The van der Waals surface area contributed by atoms with Gasteiger partial charge >= 0.3 is 0 Å². The number of ether oxygens (including phenoxy) is 2. The first kappa shape index (κ1) is 24.4. The number of thiazole rings is 1. The monoisotopic (exact) mass is 525 g/mol. The fourth-order valence-corrected chi connectivity index (χ4v) is 4.89. The highest BCUT2D eigenvalue weighted by molar-refractivity contribution is 7.16. The molecule has 0 radical (unpaired) electrons. The zero-order valence-electron chi connectivity index (χ0n) is 19.8. The van der Waals surface area contributed by atoms with Gasteiger partial charge in [0.15, 0.2) is 6.29 Å². The van der Waals surface area contributed by atoms with Crippen molar-refractivity contribution in [3.8, 4) is 28.7 Å². The van der Waals surface area contributed by atoms with Crippen molar-refractivity contribution in [2.75, 3.05) is 0 Å². The lowest BCUT2D eigenvalue weighted by atomic mass is 9.96. The third-order valence-electron chi connectivity index (χ3n) is 5.98. The van der Waals surface area contributed by atoms with Gasteiger partial charge in [-0.15, -0.1) is 11.3 Å². The van der Waals surface area contributed by atoms with Crippen molar-refractivity contribution >= 4 is 39.4 Å². The van der Waals surface area contributed by atoms with E-state index >= 15 is 0 Å². The predicted octanol–water partition coefficient (Wildman–Crippen LogP) is 7.16. The summed E-state index contributed by atoms with van der Waals surface area (Å²) in [5, 5.41) is 9.38. The first-order valence-electron chi connectivity index (χ1n) is 11.4. The molecule has 3 aromatic carbocycles. The summed E-state index contributed by atoms with van der Waals surface area (Å²) in [7, 11) is 0. The molecule has 0 amide bonds. The number of hydrogen-bond acceptors (Lipinski definition) is 7. The molecule has 0 aliphatic carbocycles. The molecule has 0 spiro atoms. The summed E-state index contributed by atoms with van der Waals surface area (Å²) in [4.78, 5) is 20.1. The molecular formula is C29H20ClN3O3S. The average Bonchev–Trinajstić information content (AvgIpc) is 3.40. The van der Waals surface area contributed by atoms with Gasteiger partial charge in [-0.05, 0) is 53.4 Å². The highest BCUT2D eigenvalue weighted by atomic mass is 35.5.